The Morgan fingerprint density at radius 2 is 2.00 bits per heavy atom. The normalized spacial score (nSPS) is 15.4. The lowest BCUT2D eigenvalue weighted by Gasteiger charge is -2.34. The van der Waals surface area contributed by atoms with Crippen LogP contribution in [-0.2, 0) is 9.59 Å². The number of amides is 3. The zero-order valence-corrected chi connectivity index (χ0v) is 15.8. The molecule has 1 aliphatic rings. The number of thiophene rings is 1. The molecule has 3 amide bonds. The van der Waals surface area contributed by atoms with Crippen LogP contribution in [0.3, 0.4) is 0 Å². The largest absolute Gasteiger partial charge is 0.477 e. The van der Waals surface area contributed by atoms with Gasteiger partial charge in [-0.05, 0) is 30.0 Å². The molecule has 8 heteroatoms. The van der Waals surface area contributed by atoms with Crippen LogP contribution >= 0.6 is 11.3 Å². The van der Waals surface area contributed by atoms with Gasteiger partial charge in [-0.1, -0.05) is 25.1 Å². The zero-order chi connectivity index (χ0) is 19.2. The molecule has 1 atom stereocenters. The molecule has 1 aromatic heterocycles. The van der Waals surface area contributed by atoms with Crippen molar-refractivity contribution < 1.29 is 19.1 Å². The monoisotopic (exact) mass is 387 g/mol. The van der Waals surface area contributed by atoms with Crippen molar-refractivity contribution in [3.63, 3.8) is 0 Å². The van der Waals surface area contributed by atoms with Gasteiger partial charge >= 0.3 is 0 Å². The molecule has 0 radical (unpaired) electrons. The molecule has 2 heterocycles. The molecule has 0 bridgehead atoms. The van der Waals surface area contributed by atoms with Gasteiger partial charge in [-0.3, -0.25) is 14.4 Å². The van der Waals surface area contributed by atoms with Gasteiger partial charge in [0.25, 0.3) is 11.8 Å². The lowest BCUT2D eigenvalue weighted by Crippen LogP contribution is -2.52. The van der Waals surface area contributed by atoms with E-state index < -0.39 is 6.10 Å². The van der Waals surface area contributed by atoms with E-state index in [0.717, 1.165) is 6.42 Å². The van der Waals surface area contributed by atoms with E-state index in [0.29, 0.717) is 22.9 Å². The molecule has 2 N–H and O–H groups in total. The molecule has 0 aliphatic carbocycles. The fourth-order valence-corrected chi connectivity index (χ4v) is 3.36. The highest BCUT2D eigenvalue weighted by molar-refractivity contribution is 7.12. The number of para-hydroxylation sites is 2. The maximum Gasteiger partial charge on any atom is 0.262 e. The van der Waals surface area contributed by atoms with Crippen LogP contribution in [-0.4, -0.2) is 43.5 Å². The summed E-state index contributed by atoms with van der Waals surface area (Å²) in [5.74, 6) is -0.383. The first-order valence-electron chi connectivity index (χ1n) is 8.75. The quantitative estimate of drug-likeness (QED) is 0.791. The van der Waals surface area contributed by atoms with Crippen LogP contribution in [0.1, 0.15) is 23.0 Å². The number of nitrogens with one attached hydrogen (secondary N) is 2. The SMILES string of the molecule is CCCNC(=O)[C@@H]1CN(C(=O)CNC(=O)c2cccs2)c2ccccc2O1. The molecule has 1 aromatic carbocycles. The van der Waals surface area contributed by atoms with Crippen molar-refractivity contribution in [1.82, 2.24) is 10.6 Å². The Morgan fingerprint density at radius 3 is 2.74 bits per heavy atom. The zero-order valence-electron chi connectivity index (χ0n) is 14.9. The fourth-order valence-electron chi connectivity index (χ4n) is 2.72. The number of hydrogen-bond donors (Lipinski definition) is 2. The molecule has 7 nitrogen and oxygen atoms in total. The highest BCUT2D eigenvalue weighted by atomic mass is 32.1. The van der Waals surface area contributed by atoms with E-state index >= 15 is 0 Å². The molecule has 1 aliphatic heterocycles. The smallest absolute Gasteiger partial charge is 0.262 e. The summed E-state index contributed by atoms with van der Waals surface area (Å²) >= 11 is 1.31. The maximum absolute atomic E-state index is 12.7. The Bertz CT molecular complexity index is 822. The van der Waals surface area contributed by atoms with E-state index in [9.17, 15) is 14.4 Å². The minimum atomic E-state index is -0.789. The number of benzene rings is 1. The Kier molecular flexibility index (Phi) is 6.08. The predicted molar refractivity (Wildman–Crippen MR) is 103 cm³/mol. The summed E-state index contributed by atoms with van der Waals surface area (Å²) in [6, 6.07) is 10.5. The van der Waals surface area contributed by atoms with E-state index in [-0.39, 0.29) is 30.8 Å². The first-order valence-corrected chi connectivity index (χ1v) is 9.63. The van der Waals surface area contributed by atoms with Gasteiger partial charge in [0.1, 0.15) is 5.75 Å². The minimum absolute atomic E-state index is 0.0975. The van der Waals surface area contributed by atoms with Gasteiger partial charge in [-0.2, -0.15) is 0 Å². The van der Waals surface area contributed by atoms with Crippen LogP contribution in [0.4, 0.5) is 5.69 Å². The second-order valence-electron chi connectivity index (χ2n) is 6.03. The van der Waals surface area contributed by atoms with Gasteiger partial charge in [0.15, 0.2) is 6.10 Å². The Labute approximate surface area is 161 Å². The minimum Gasteiger partial charge on any atom is -0.477 e. The Balaban J connectivity index is 1.71. The number of nitrogens with zero attached hydrogens (tertiary/aromatic N) is 1. The molecule has 0 unspecified atom stereocenters. The van der Waals surface area contributed by atoms with Crippen LogP contribution < -0.4 is 20.3 Å². The van der Waals surface area contributed by atoms with Crippen molar-refractivity contribution in [3.8, 4) is 5.75 Å². The molecule has 2 aromatic rings. The predicted octanol–water partition coefficient (Wildman–Crippen LogP) is 1.80. The van der Waals surface area contributed by atoms with Crippen molar-refractivity contribution >= 4 is 34.7 Å². The number of hydrogen-bond acceptors (Lipinski definition) is 5. The second-order valence-corrected chi connectivity index (χ2v) is 6.98. The van der Waals surface area contributed by atoms with Gasteiger partial charge in [0, 0.05) is 6.54 Å². The van der Waals surface area contributed by atoms with Crippen LogP contribution in [0.5, 0.6) is 5.75 Å². The van der Waals surface area contributed by atoms with Crippen LogP contribution in [0.15, 0.2) is 41.8 Å². The van der Waals surface area contributed by atoms with Gasteiger partial charge in [0.2, 0.25) is 5.91 Å². The molecule has 27 heavy (non-hydrogen) atoms. The first-order chi connectivity index (χ1) is 13.1. The van der Waals surface area contributed by atoms with Crippen LogP contribution in [0.25, 0.3) is 0 Å². The molecule has 3 rings (SSSR count). The highest BCUT2D eigenvalue weighted by Crippen LogP contribution is 2.33. The van der Waals surface area contributed by atoms with E-state index in [1.54, 1.807) is 41.8 Å². The summed E-state index contributed by atoms with van der Waals surface area (Å²) in [6.45, 7) is 2.45. The summed E-state index contributed by atoms with van der Waals surface area (Å²) in [6.07, 6.45) is 0.0234. The standard InChI is InChI=1S/C19H21N3O4S/c1-2-9-20-18(24)15-12-22(13-6-3-4-7-14(13)26-15)17(23)11-21-19(25)16-8-5-10-27-16/h3-8,10,15H,2,9,11-12H2,1H3,(H,20,24)(H,21,25)/t15-/m0/s1. The Morgan fingerprint density at radius 1 is 1.19 bits per heavy atom. The molecule has 142 valence electrons. The van der Waals surface area contributed by atoms with Crippen molar-refractivity contribution in [2.24, 2.45) is 0 Å². The number of carbonyl (C=O) groups excluding carboxylic acids is 3. The summed E-state index contributed by atoms with van der Waals surface area (Å²) in [5.41, 5.74) is 0.590. The molecule has 0 fully saturated rings. The van der Waals surface area contributed by atoms with E-state index in [4.69, 9.17) is 4.74 Å². The molecule has 0 spiro atoms. The summed E-state index contributed by atoms with van der Waals surface area (Å²) < 4.78 is 5.76. The van der Waals surface area contributed by atoms with Gasteiger partial charge in [0.05, 0.1) is 23.7 Å². The summed E-state index contributed by atoms with van der Waals surface area (Å²) in [5, 5.41) is 7.22. The maximum atomic E-state index is 12.7. The van der Waals surface area contributed by atoms with E-state index in [2.05, 4.69) is 10.6 Å². The third kappa shape index (κ3) is 4.46. The third-order valence-electron chi connectivity index (χ3n) is 4.06. The van der Waals surface area contributed by atoms with Crippen LogP contribution in [0, 0.1) is 0 Å². The van der Waals surface area contributed by atoms with Crippen molar-refractivity contribution in [3.05, 3.63) is 46.7 Å². The number of carbonyl (C=O) groups is 3. The van der Waals surface area contributed by atoms with E-state index in [1.165, 1.54) is 16.2 Å². The lowest BCUT2D eigenvalue weighted by molar-refractivity contribution is -0.128. The molecular weight excluding hydrogens is 366 g/mol. The van der Waals surface area contributed by atoms with Crippen molar-refractivity contribution in [2.45, 2.75) is 19.4 Å². The first kappa shape index (κ1) is 18.9. The number of ether oxygens (including phenoxy) is 1. The average Bonchev–Trinajstić information content (AvgIpc) is 3.24. The molecular formula is C19H21N3O4S. The topological polar surface area (TPSA) is 87.7 Å². The Hall–Kier alpha value is -2.87. The number of fused-ring (bicyclic) bond motifs is 1. The third-order valence-corrected chi connectivity index (χ3v) is 4.93. The molecule has 0 saturated carbocycles. The van der Waals surface area contributed by atoms with Gasteiger partial charge in [-0.15, -0.1) is 11.3 Å². The highest BCUT2D eigenvalue weighted by Gasteiger charge is 2.33. The summed E-state index contributed by atoms with van der Waals surface area (Å²) in [4.78, 5) is 39.2. The van der Waals surface area contributed by atoms with Gasteiger partial charge < -0.3 is 20.3 Å². The van der Waals surface area contributed by atoms with Gasteiger partial charge in [-0.25, -0.2) is 0 Å². The molecule has 0 saturated heterocycles. The second kappa shape index (κ2) is 8.68. The van der Waals surface area contributed by atoms with E-state index in [1.807, 2.05) is 6.92 Å². The number of rotatable bonds is 6. The van der Waals surface area contributed by atoms with Crippen molar-refractivity contribution in [2.75, 3.05) is 24.5 Å². The fraction of sp³-hybridized carbons (Fsp3) is 0.316. The summed E-state index contributed by atoms with van der Waals surface area (Å²) in [7, 11) is 0. The number of anilines is 1. The average molecular weight is 387 g/mol. The van der Waals surface area contributed by atoms with Crippen molar-refractivity contribution in [1.29, 1.82) is 0 Å². The van der Waals surface area contributed by atoms with Crippen LogP contribution in [0.2, 0.25) is 0 Å². The lowest BCUT2D eigenvalue weighted by atomic mass is 10.1.